The van der Waals surface area contributed by atoms with Gasteiger partial charge in [-0.1, -0.05) is 0 Å². The molecule has 2 N–H and O–H groups in total. The van der Waals surface area contributed by atoms with Crippen molar-refractivity contribution < 1.29 is 9.53 Å². The minimum absolute atomic E-state index is 0.0558. The highest BCUT2D eigenvalue weighted by Crippen LogP contribution is 2.20. The van der Waals surface area contributed by atoms with Gasteiger partial charge in [-0.25, -0.2) is 4.79 Å². The zero-order chi connectivity index (χ0) is 12.3. The van der Waals surface area contributed by atoms with Crippen molar-refractivity contribution in [3.63, 3.8) is 0 Å². The van der Waals surface area contributed by atoms with Gasteiger partial charge in [0, 0.05) is 31.7 Å². The fourth-order valence-electron chi connectivity index (χ4n) is 2.68. The first-order valence-electron chi connectivity index (χ1n) is 6.59. The van der Waals surface area contributed by atoms with Crippen LogP contribution in [0.2, 0.25) is 0 Å². The number of carbonyl (C=O) groups excluding carboxylic acids is 1. The van der Waals surface area contributed by atoms with E-state index in [1.165, 1.54) is 6.42 Å². The lowest BCUT2D eigenvalue weighted by atomic mass is 9.97. The van der Waals surface area contributed by atoms with E-state index in [4.69, 9.17) is 10.5 Å². The normalized spacial score (nSPS) is 28.0. The molecule has 0 radical (unpaired) electrons. The average molecular weight is 241 g/mol. The highest BCUT2D eigenvalue weighted by atomic mass is 16.5. The summed E-state index contributed by atoms with van der Waals surface area (Å²) in [7, 11) is 0. The molecule has 98 valence electrons. The Labute approximate surface area is 103 Å². The van der Waals surface area contributed by atoms with E-state index in [-0.39, 0.29) is 18.1 Å². The molecule has 2 aliphatic heterocycles. The lowest BCUT2D eigenvalue weighted by Crippen LogP contribution is -2.57. The fraction of sp³-hybridized carbons (Fsp3) is 0.917. The van der Waals surface area contributed by atoms with Crippen LogP contribution in [0.5, 0.6) is 0 Å². The summed E-state index contributed by atoms with van der Waals surface area (Å²) in [5, 5.41) is 0. The van der Waals surface area contributed by atoms with Crippen LogP contribution in [0.1, 0.15) is 26.2 Å². The Morgan fingerprint density at radius 1 is 1.29 bits per heavy atom. The predicted molar refractivity (Wildman–Crippen MR) is 65.8 cm³/mol. The number of nitrogens with two attached hydrogens (primary N) is 1. The minimum Gasteiger partial charge on any atom is -0.378 e. The van der Waals surface area contributed by atoms with Gasteiger partial charge in [0.2, 0.25) is 0 Å². The van der Waals surface area contributed by atoms with Gasteiger partial charge >= 0.3 is 6.03 Å². The number of hydrogen-bond acceptors (Lipinski definition) is 3. The summed E-state index contributed by atoms with van der Waals surface area (Å²) in [5.74, 6) is 0. The van der Waals surface area contributed by atoms with E-state index in [0.29, 0.717) is 26.3 Å². The number of morpholine rings is 1. The summed E-state index contributed by atoms with van der Waals surface area (Å²) in [5.41, 5.74) is 5.99. The van der Waals surface area contributed by atoms with Crippen molar-refractivity contribution in [1.29, 1.82) is 0 Å². The molecule has 0 spiro atoms. The van der Waals surface area contributed by atoms with Crippen molar-refractivity contribution >= 4 is 6.03 Å². The Bertz CT molecular complexity index is 264. The van der Waals surface area contributed by atoms with Crippen LogP contribution in [-0.4, -0.2) is 60.8 Å². The van der Waals surface area contributed by atoms with Gasteiger partial charge in [-0.3, -0.25) is 0 Å². The third-order valence-electron chi connectivity index (χ3n) is 3.68. The van der Waals surface area contributed by atoms with E-state index in [0.717, 1.165) is 19.4 Å². The van der Waals surface area contributed by atoms with Crippen molar-refractivity contribution in [2.45, 2.75) is 38.3 Å². The number of nitrogens with zero attached hydrogens (tertiary/aromatic N) is 2. The highest BCUT2D eigenvalue weighted by Gasteiger charge is 2.32. The number of urea groups is 1. The second-order valence-electron chi connectivity index (χ2n) is 5.00. The molecule has 0 saturated carbocycles. The Morgan fingerprint density at radius 3 is 2.65 bits per heavy atom. The standard InChI is InChI=1S/C12H23N3O2/c1-10(13)11-4-2-3-5-15(11)12(16)14-6-8-17-9-7-14/h10-11H,2-9,13H2,1H3. The number of hydrogen-bond donors (Lipinski definition) is 1. The molecule has 2 fully saturated rings. The smallest absolute Gasteiger partial charge is 0.320 e. The van der Waals surface area contributed by atoms with Gasteiger partial charge in [0.05, 0.1) is 13.2 Å². The number of likely N-dealkylation sites (tertiary alicyclic amines) is 1. The molecule has 0 bridgehead atoms. The lowest BCUT2D eigenvalue weighted by molar-refractivity contribution is 0.0340. The molecule has 2 heterocycles. The summed E-state index contributed by atoms with van der Waals surface area (Å²) in [6.45, 7) is 5.57. The Kier molecular flexibility index (Phi) is 4.23. The maximum atomic E-state index is 12.4. The van der Waals surface area contributed by atoms with E-state index in [1.54, 1.807) is 0 Å². The zero-order valence-electron chi connectivity index (χ0n) is 10.6. The van der Waals surface area contributed by atoms with Gasteiger partial charge in [-0.15, -0.1) is 0 Å². The van der Waals surface area contributed by atoms with E-state index >= 15 is 0 Å². The fourth-order valence-corrected chi connectivity index (χ4v) is 2.68. The number of carbonyl (C=O) groups is 1. The van der Waals surface area contributed by atoms with Gasteiger partial charge in [-0.2, -0.15) is 0 Å². The van der Waals surface area contributed by atoms with Crippen LogP contribution in [0.15, 0.2) is 0 Å². The quantitative estimate of drug-likeness (QED) is 0.733. The van der Waals surface area contributed by atoms with Crippen LogP contribution in [0.3, 0.4) is 0 Å². The first-order chi connectivity index (χ1) is 8.20. The van der Waals surface area contributed by atoms with E-state index in [2.05, 4.69) is 0 Å². The predicted octanol–water partition coefficient (Wildman–Crippen LogP) is 0.640. The zero-order valence-corrected chi connectivity index (χ0v) is 10.6. The van der Waals surface area contributed by atoms with E-state index in [9.17, 15) is 4.79 Å². The van der Waals surface area contributed by atoms with Crippen LogP contribution >= 0.6 is 0 Å². The van der Waals surface area contributed by atoms with Crippen molar-refractivity contribution in [2.24, 2.45) is 5.73 Å². The van der Waals surface area contributed by atoms with Gasteiger partial charge in [0.25, 0.3) is 0 Å². The average Bonchev–Trinajstić information content (AvgIpc) is 2.39. The second kappa shape index (κ2) is 5.69. The summed E-state index contributed by atoms with van der Waals surface area (Å²) in [6, 6.07) is 0.412. The van der Waals surface area contributed by atoms with Crippen LogP contribution in [0, 0.1) is 0 Å². The molecule has 2 aliphatic rings. The lowest BCUT2D eigenvalue weighted by Gasteiger charge is -2.41. The highest BCUT2D eigenvalue weighted by molar-refractivity contribution is 5.75. The Hall–Kier alpha value is -0.810. The van der Waals surface area contributed by atoms with Gasteiger partial charge in [-0.05, 0) is 26.2 Å². The van der Waals surface area contributed by atoms with E-state index < -0.39 is 0 Å². The molecule has 5 heteroatoms. The molecule has 2 amide bonds. The summed E-state index contributed by atoms with van der Waals surface area (Å²) >= 11 is 0. The van der Waals surface area contributed by atoms with Gasteiger partial charge in [0.15, 0.2) is 0 Å². The molecular weight excluding hydrogens is 218 g/mol. The van der Waals surface area contributed by atoms with Crippen molar-refractivity contribution in [2.75, 3.05) is 32.8 Å². The minimum atomic E-state index is 0.0558. The van der Waals surface area contributed by atoms with Crippen LogP contribution in [0.4, 0.5) is 4.79 Å². The third-order valence-corrected chi connectivity index (χ3v) is 3.68. The molecule has 0 aromatic carbocycles. The van der Waals surface area contributed by atoms with Crippen molar-refractivity contribution in [3.05, 3.63) is 0 Å². The number of piperidine rings is 1. The van der Waals surface area contributed by atoms with Crippen LogP contribution in [-0.2, 0) is 4.74 Å². The molecular formula is C12H23N3O2. The first kappa shape index (κ1) is 12.6. The number of rotatable bonds is 1. The molecule has 0 aromatic heterocycles. The molecule has 2 rings (SSSR count). The van der Waals surface area contributed by atoms with Crippen LogP contribution in [0.25, 0.3) is 0 Å². The summed E-state index contributed by atoms with van der Waals surface area (Å²) < 4.78 is 5.27. The van der Waals surface area contributed by atoms with Crippen molar-refractivity contribution in [3.8, 4) is 0 Å². The first-order valence-corrected chi connectivity index (χ1v) is 6.59. The monoisotopic (exact) mass is 241 g/mol. The largest absolute Gasteiger partial charge is 0.378 e. The maximum Gasteiger partial charge on any atom is 0.320 e. The van der Waals surface area contributed by atoms with Gasteiger partial charge in [0.1, 0.15) is 0 Å². The molecule has 0 aliphatic carbocycles. The second-order valence-corrected chi connectivity index (χ2v) is 5.00. The van der Waals surface area contributed by atoms with Crippen molar-refractivity contribution in [1.82, 2.24) is 9.80 Å². The topological polar surface area (TPSA) is 58.8 Å². The maximum absolute atomic E-state index is 12.4. The Morgan fingerprint density at radius 2 is 2.00 bits per heavy atom. The molecule has 2 saturated heterocycles. The molecule has 17 heavy (non-hydrogen) atoms. The SMILES string of the molecule is CC(N)C1CCCCN1C(=O)N1CCOCC1. The van der Waals surface area contributed by atoms with Gasteiger partial charge < -0.3 is 20.3 Å². The molecule has 5 nitrogen and oxygen atoms in total. The number of amides is 2. The molecule has 2 atom stereocenters. The Balaban J connectivity index is 1.99. The summed E-state index contributed by atoms with van der Waals surface area (Å²) in [4.78, 5) is 16.3. The van der Waals surface area contributed by atoms with E-state index in [1.807, 2.05) is 16.7 Å². The van der Waals surface area contributed by atoms with Crippen LogP contribution < -0.4 is 5.73 Å². The molecule has 2 unspecified atom stereocenters. The summed E-state index contributed by atoms with van der Waals surface area (Å²) in [6.07, 6.45) is 3.31. The molecule has 0 aromatic rings. The number of ether oxygens (including phenoxy) is 1. The third kappa shape index (κ3) is 2.90.